The molecular formula is C19H27ClN4O4. The van der Waals surface area contributed by atoms with Gasteiger partial charge in [0.2, 0.25) is 5.91 Å². The molecule has 0 aliphatic carbocycles. The highest BCUT2D eigenvalue weighted by Gasteiger charge is 2.31. The Hall–Kier alpha value is -1.87. The smallest absolute Gasteiger partial charge is 0.319 e. The summed E-state index contributed by atoms with van der Waals surface area (Å²) >= 11 is 6.15. The highest BCUT2D eigenvalue weighted by Crippen LogP contribution is 2.25. The Bertz CT molecular complexity index is 691. The first-order valence-electron chi connectivity index (χ1n) is 9.54. The van der Waals surface area contributed by atoms with Crippen molar-refractivity contribution in [1.29, 1.82) is 0 Å². The monoisotopic (exact) mass is 410 g/mol. The zero-order valence-electron chi connectivity index (χ0n) is 16.0. The Morgan fingerprint density at radius 1 is 1.21 bits per heavy atom. The van der Waals surface area contributed by atoms with Crippen LogP contribution in [0, 0.1) is 5.92 Å². The molecule has 0 radical (unpaired) electrons. The summed E-state index contributed by atoms with van der Waals surface area (Å²) in [5.41, 5.74) is 1.07. The van der Waals surface area contributed by atoms with Crippen LogP contribution in [-0.2, 0) is 14.3 Å². The second kappa shape index (κ2) is 10.1. The minimum atomic E-state index is -0.291. The molecule has 28 heavy (non-hydrogen) atoms. The molecule has 0 spiro atoms. The fourth-order valence-corrected chi connectivity index (χ4v) is 3.84. The predicted molar refractivity (Wildman–Crippen MR) is 108 cm³/mol. The van der Waals surface area contributed by atoms with Crippen LogP contribution in [0.1, 0.15) is 13.3 Å². The van der Waals surface area contributed by atoms with Crippen molar-refractivity contribution < 1.29 is 19.1 Å². The maximum atomic E-state index is 12.4. The maximum Gasteiger partial charge on any atom is 0.319 e. The average Bonchev–Trinajstić information content (AvgIpc) is 3.19. The fourth-order valence-electron chi connectivity index (χ4n) is 3.62. The van der Waals surface area contributed by atoms with E-state index in [1.165, 1.54) is 6.92 Å². The lowest BCUT2D eigenvalue weighted by Gasteiger charge is -2.37. The summed E-state index contributed by atoms with van der Waals surface area (Å²) in [6, 6.07) is 4.90. The third-order valence-electron chi connectivity index (χ3n) is 5.03. The van der Waals surface area contributed by atoms with Crippen molar-refractivity contribution in [2.24, 2.45) is 5.92 Å². The summed E-state index contributed by atoms with van der Waals surface area (Å²) in [5.74, 6) is 0.204. The van der Waals surface area contributed by atoms with Gasteiger partial charge >= 0.3 is 6.03 Å². The van der Waals surface area contributed by atoms with Crippen LogP contribution in [0.2, 0.25) is 5.02 Å². The van der Waals surface area contributed by atoms with Crippen LogP contribution in [0.4, 0.5) is 16.2 Å². The summed E-state index contributed by atoms with van der Waals surface area (Å²) in [4.78, 5) is 25.9. The molecule has 1 aromatic carbocycles. The zero-order valence-corrected chi connectivity index (χ0v) is 16.8. The number of halogens is 1. The zero-order chi connectivity index (χ0) is 19.9. The van der Waals surface area contributed by atoms with E-state index in [9.17, 15) is 9.59 Å². The van der Waals surface area contributed by atoms with Crippen molar-refractivity contribution in [3.05, 3.63) is 23.2 Å². The number of anilines is 2. The molecule has 9 heteroatoms. The van der Waals surface area contributed by atoms with Gasteiger partial charge in [0, 0.05) is 50.8 Å². The van der Waals surface area contributed by atoms with Crippen LogP contribution in [0.15, 0.2) is 18.2 Å². The first kappa shape index (κ1) is 20.9. The molecule has 2 saturated heterocycles. The molecule has 0 unspecified atom stereocenters. The molecule has 154 valence electrons. The second-order valence-electron chi connectivity index (χ2n) is 7.05. The molecule has 0 aromatic heterocycles. The van der Waals surface area contributed by atoms with E-state index in [-0.39, 0.29) is 18.0 Å². The van der Waals surface area contributed by atoms with Gasteiger partial charge in [-0.25, -0.2) is 4.79 Å². The second-order valence-corrected chi connectivity index (χ2v) is 7.46. The van der Waals surface area contributed by atoms with E-state index in [0.29, 0.717) is 28.9 Å². The first-order valence-corrected chi connectivity index (χ1v) is 9.92. The number of nitrogens with one attached hydrogen (secondary N) is 3. The van der Waals surface area contributed by atoms with Gasteiger partial charge in [-0.05, 0) is 24.6 Å². The van der Waals surface area contributed by atoms with Gasteiger partial charge in [-0.2, -0.15) is 0 Å². The van der Waals surface area contributed by atoms with Crippen LogP contribution < -0.4 is 16.0 Å². The lowest BCUT2D eigenvalue weighted by atomic mass is 9.97. The number of hydrogen-bond donors (Lipinski definition) is 3. The fraction of sp³-hybridized carbons (Fsp3) is 0.579. The number of rotatable bonds is 6. The summed E-state index contributed by atoms with van der Waals surface area (Å²) in [6.07, 6.45) is 1.01. The van der Waals surface area contributed by atoms with Gasteiger partial charge in [0.05, 0.1) is 30.5 Å². The Morgan fingerprint density at radius 3 is 2.64 bits per heavy atom. The van der Waals surface area contributed by atoms with Gasteiger partial charge in [-0.3, -0.25) is 9.69 Å². The Labute approximate surface area is 169 Å². The summed E-state index contributed by atoms with van der Waals surface area (Å²) in [6.45, 7) is 6.62. The van der Waals surface area contributed by atoms with Crippen LogP contribution in [0.25, 0.3) is 0 Å². The van der Waals surface area contributed by atoms with Crippen molar-refractivity contribution in [1.82, 2.24) is 10.2 Å². The minimum Gasteiger partial charge on any atom is -0.381 e. The van der Waals surface area contributed by atoms with E-state index < -0.39 is 0 Å². The highest BCUT2D eigenvalue weighted by molar-refractivity contribution is 6.34. The topological polar surface area (TPSA) is 91.9 Å². The molecule has 3 amide bonds. The number of hydrogen-bond acceptors (Lipinski definition) is 5. The number of benzene rings is 1. The van der Waals surface area contributed by atoms with E-state index in [4.69, 9.17) is 21.1 Å². The van der Waals surface area contributed by atoms with Crippen molar-refractivity contribution in [3.63, 3.8) is 0 Å². The molecule has 2 fully saturated rings. The molecule has 0 saturated carbocycles. The Kier molecular flexibility index (Phi) is 7.50. The van der Waals surface area contributed by atoms with E-state index >= 15 is 0 Å². The molecule has 2 aliphatic rings. The molecule has 3 N–H and O–H groups in total. The minimum absolute atomic E-state index is 0.203. The summed E-state index contributed by atoms with van der Waals surface area (Å²) in [7, 11) is 0. The number of nitrogens with zero attached hydrogens (tertiary/aromatic N) is 1. The quantitative estimate of drug-likeness (QED) is 0.668. The predicted octanol–water partition coefficient (Wildman–Crippen LogP) is 2.16. The van der Waals surface area contributed by atoms with Crippen molar-refractivity contribution in [3.8, 4) is 0 Å². The van der Waals surface area contributed by atoms with Gasteiger partial charge in [0.25, 0.3) is 0 Å². The van der Waals surface area contributed by atoms with Crippen LogP contribution >= 0.6 is 11.6 Å². The van der Waals surface area contributed by atoms with E-state index in [2.05, 4.69) is 20.9 Å². The number of carbonyl (C=O) groups excluding carboxylic acids is 2. The molecule has 2 atom stereocenters. The summed E-state index contributed by atoms with van der Waals surface area (Å²) < 4.78 is 11.0. The van der Waals surface area contributed by atoms with Crippen molar-refractivity contribution in [2.75, 3.05) is 56.7 Å². The van der Waals surface area contributed by atoms with Crippen LogP contribution in [0.5, 0.6) is 0 Å². The van der Waals surface area contributed by atoms with E-state index in [0.717, 1.165) is 45.9 Å². The third-order valence-corrected chi connectivity index (χ3v) is 5.35. The highest BCUT2D eigenvalue weighted by atomic mass is 35.5. The van der Waals surface area contributed by atoms with Gasteiger partial charge in [0.15, 0.2) is 0 Å². The summed E-state index contributed by atoms with van der Waals surface area (Å²) in [5, 5.41) is 8.76. The largest absolute Gasteiger partial charge is 0.381 e. The van der Waals surface area contributed by atoms with E-state index in [1.54, 1.807) is 18.2 Å². The first-order chi connectivity index (χ1) is 13.5. The molecule has 8 nitrogen and oxygen atoms in total. The maximum absolute atomic E-state index is 12.4. The van der Waals surface area contributed by atoms with Gasteiger partial charge in [0.1, 0.15) is 0 Å². The molecule has 2 aliphatic heterocycles. The molecule has 3 rings (SSSR count). The standard InChI is InChI=1S/C19H27ClN4O4/c1-13(25)22-17-3-2-15(10-16(17)20)23-19(26)21-11-18(14-4-7-28-12-14)24-5-8-27-9-6-24/h2-3,10,14,18H,4-9,11-12H2,1H3,(H,22,25)(H2,21,23,26)/t14-,18+/m0/s1. The van der Waals surface area contributed by atoms with Gasteiger partial charge in [-0.1, -0.05) is 11.6 Å². The number of morpholine rings is 1. The van der Waals surface area contributed by atoms with E-state index in [1.807, 2.05) is 0 Å². The number of amides is 3. The third kappa shape index (κ3) is 5.81. The number of ether oxygens (including phenoxy) is 2. The Balaban J connectivity index is 1.55. The molecule has 2 heterocycles. The number of carbonyl (C=O) groups is 2. The molecule has 0 bridgehead atoms. The SMILES string of the molecule is CC(=O)Nc1ccc(NC(=O)NC[C@H]([C@H]2CCOC2)N2CCOCC2)cc1Cl. The Morgan fingerprint density at radius 2 is 2.00 bits per heavy atom. The van der Waals surface area contributed by atoms with Crippen LogP contribution in [0.3, 0.4) is 0 Å². The molecule has 1 aromatic rings. The normalized spacial score (nSPS) is 21.1. The molecular weight excluding hydrogens is 384 g/mol. The average molecular weight is 411 g/mol. The lowest BCUT2D eigenvalue weighted by Crippen LogP contribution is -2.52. The number of urea groups is 1. The lowest BCUT2D eigenvalue weighted by molar-refractivity contribution is -0.114. The van der Waals surface area contributed by atoms with Crippen molar-refractivity contribution in [2.45, 2.75) is 19.4 Å². The van der Waals surface area contributed by atoms with Gasteiger partial charge in [-0.15, -0.1) is 0 Å². The van der Waals surface area contributed by atoms with Crippen LogP contribution in [-0.4, -0.2) is 68.9 Å². The van der Waals surface area contributed by atoms with Crippen molar-refractivity contribution >= 4 is 34.9 Å². The van der Waals surface area contributed by atoms with Gasteiger partial charge < -0.3 is 25.4 Å².